The van der Waals surface area contributed by atoms with Crippen molar-refractivity contribution in [2.24, 2.45) is 0 Å². The first-order valence-electron chi connectivity index (χ1n) is 12.3. The summed E-state index contributed by atoms with van der Waals surface area (Å²) in [5.41, 5.74) is 5.27. The van der Waals surface area contributed by atoms with Gasteiger partial charge in [-0.1, -0.05) is 24.3 Å². The van der Waals surface area contributed by atoms with E-state index in [9.17, 15) is 9.59 Å². The van der Waals surface area contributed by atoms with Gasteiger partial charge in [0.15, 0.2) is 11.5 Å². The monoisotopic (exact) mass is 507 g/mol. The number of fused-ring (bicyclic) bond motifs is 1. The molecule has 0 bridgehead atoms. The predicted octanol–water partition coefficient (Wildman–Crippen LogP) is 4.98. The molecule has 8 nitrogen and oxygen atoms in total. The van der Waals surface area contributed by atoms with Crippen LogP contribution in [0.15, 0.2) is 78.9 Å². The van der Waals surface area contributed by atoms with Crippen LogP contribution in [-0.4, -0.2) is 39.3 Å². The minimum atomic E-state index is -0.370. The fourth-order valence-corrected chi connectivity index (χ4v) is 4.54. The third-order valence-electron chi connectivity index (χ3n) is 6.40. The summed E-state index contributed by atoms with van der Waals surface area (Å²) < 4.78 is 5.39. The number of anilines is 1. The Morgan fingerprint density at radius 3 is 2.47 bits per heavy atom. The van der Waals surface area contributed by atoms with E-state index >= 15 is 0 Å². The number of hydrogen-bond acceptors (Lipinski definition) is 6. The summed E-state index contributed by atoms with van der Waals surface area (Å²) in [6.07, 6.45) is 2.46. The smallest absolute Gasteiger partial charge is 0.278 e. The van der Waals surface area contributed by atoms with E-state index in [1.54, 1.807) is 44.4 Å². The van der Waals surface area contributed by atoms with Gasteiger partial charge in [0, 0.05) is 34.1 Å². The molecule has 8 heteroatoms. The molecule has 3 aromatic carbocycles. The first-order valence-corrected chi connectivity index (χ1v) is 12.3. The van der Waals surface area contributed by atoms with Gasteiger partial charge in [0.1, 0.15) is 5.75 Å². The van der Waals surface area contributed by atoms with Crippen LogP contribution in [0.3, 0.4) is 0 Å². The SMILES string of the molecule is COc1ccc2c(c1)/C(=C/C(=O)c1ccc(NC(=O)c3nn(-c4ccccc4)nc3C)cc1)NC(C)(C)C2. The molecule has 5 rings (SSSR count). The average molecular weight is 508 g/mol. The van der Waals surface area contributed by atoms with Crippen molar-refractivity contribution < 1.29 is 14.3 Å². The number of rotatable bonds is 6. The molecule has 4 aromatic rings. The lowest BCUT2D eigenvalue weighted by Gasteiger charge is -2.35. The molecular weight excluding hydrogens is 478 g/mol. The number of carbonyl (C=O) groups excluding carboxylic acids is 2. The van der Waals surface area contributed by atoms with E-state index in [4.69, 9.17) is 4.74 Å². The van der Waals surface area contributed by atoms with E-state index in [1.165, 1.54) is 4.80 Å². The molecule has 2 N–H and O–H groups in total. The zero-order chi connectivity index (χ0) is 26.9. The highest BCUT2D eigenvalue weighted by Gasteiger charge is 2.28. The maximum absolute atomic E-state index is 13.2. The van der Waals surface area contributed by atoms with Crippen molar-refractivity contribution in [3.63, 3.8) is 0 Å². The number of carbonyl (C=O) groups is 2. The third-order valence-corrected chi connectivity index (χ3v) is 6.40. The standard InChI is InChI=1S/C30H29N5O3/c1-19-28(34-35(33-19)23-8-6-5-7-9-23)29(37)31-22-13-10-20(11-14-22)27(36)17-26-25-16-24(38-4)15-12-21(25)18-30(2,3)32-26/h5-17,32H,18H2,1-4H3,(H,31,37)/b26-17-. The van der Waals surface area contributed by atoms with Gasteiger partial charge >= 0.3 is 0 Å². The maximum atomic E-state index is 13.2. The number of methoxy groups -OCH3 is 1. The second kappa shape index (κ2) is 9.97. The van der Waals surface area contributed by atoms with Crippen molar-refractivity contribution in [1.29, 1.82) is 0 Å². The molecule has 1 aliphatic heterocycles. The van der Waals surface area contributed by atoms with Crippen molar-refractivity contribution in [2.75, 3.05) is 12.4 Å². The molecule has 2 heterocycles. The number of nitrogens with one attached hydrogen (secondary N) is 2. The fraction of sp³-hybridized carbons (Fsp3) is 0.200. The van der Waals surface area contributed by atoms with Crippen LogP contribution in [-0.2, 0) is 6.42 Å². The number of ketones is 1. The van der Waals surface area contributed by atoms with Gasteiger partial charge in [-0.05, 0) is 81.3 Å². The summed E-state index contributed by atoms with van der Waals surface area (Å²) in [7, 11) is 1.63. The van der Waals surface area contributed by atoms with Crippen LogP contribution in [0, 0.1) is 6.92 Å². The average Bonchev–Trinajstić information content (AvgIpc) is 3.30. The third kappa shape index (κ3) is 5.20. The number of hydrogen-bond donors (Lipinski definition) is 2. The number of para-hydroxylation sites is 1. The quantitative estimate of drug-likeness (QED) is 0.282. The molecule has 0 aliphatic carbocycles. The fourth-order valence-electron chi connectivity index (χ4n) is 4.54. The van der Waals surface area contributed by atoms with Gasteiger partial charge in [0.05, 0.1) is 18.5 Å². The molecule has 0 spiro atoms. The van der Waals surface area contributed by atoms with E-state index in [2.05, 4.69) is 34.7 Å². The normalized spacial score (nSPS) is 14.9. The molecule has 38 heavy (non-hydrogen) atoms. The summed E-state index contributed by atoms with van der Waals surface area (Å²) in [4.78, 5) is 27.5. The minimum absolute atomic E-state index is 0.140. The highest BCUT2D eigenvalue weighted by atomic mass is 16.5. The summed E-state index contributed by atoms with van der Waals surface area (Å²) in [5, 5.41) is 15.0. The topological polar surface area (TPSA) is 98.1 Å². The number of amides is 1. The molecule has 0 unspecified atom stereocenters. The van der Waals surface area contributed by atoms with Gasteiger partial charge in [-0.15, -0.1) is 5.10 Å². The van der Waals surface area contributed by atoms with E-state index < -0.39 is 0 Å². The Morgan fingerprint density at radius 2 is 1.76 bits per heavy atom. The van der Waals surface area contributed by atoms with E-state index in [1.807, 2.05) is 48.5 Å². The molecule has 0 fully saturated rings. The van der Waals surface area contributed by atoms with E-state index in [0.717, 1.165) is 34.7 Å². The number of aryl methyl sites for hydroxylation is 1. The number of nitrogens with zero attached hydrogens (tertiary/aromatic N) is 3. The second-order valence-electron chi connectivity index (χ2n) is 9.92. The van der Waals surface area contributed by atoms with Gasteiger partial charge in [-0.2, -0.15) is 9.90 Å². The molecule has 192 valence electrons. The lowest BCUT2D eigenvalue weighted by molar-refractivity contribution is 0.101. The Labute approximate surface area is 221 Å². The molecule has 1 amide bonds. The maximum Gasteiger partial charge on any atom is 0.278 e. The lowest BCUT2D eigenvalue weighted by Crippen LogP contribution is -2.43. The summed E-state index contributed by atoms with van der Waals surface area (Å²) >= 11 is 0. The Bertz CT molecular complexity index is 1540. The van der Waals surface area contributed by atoms with Crippen LogP contribution in [0.1, 0.15) is 51.5 Å². The highest BCUT2D eigenvalue weighted by molar-refractivity contribution is 6.09. The number of aromatic nitrogens is 3. The predicted molar refractivity (Wildman–Crippen MR) is 147 cm³/mol. The summed E-state index contributed by atoms with van der Waals surface area (Å²) in [5.74, 6) is 0.228. The van der Waals surface area contributed by atoms with Crippen molar-refractivity contribution in [3.05, 3.63) is 107 Å². The first kappa shape index (κ1) is 25.0. The molecule has 0 radical (unpaired) electrons. The Hall–Kier alpha value is -4.72. The molecule has 1 aromatic heterocycles. The van der Waals surface area contributed by atoms with Crippen LogP contribution >= 0.6 is 0 Å². The molecule has 1 aliphatic rings. The van der Waals surface area contributed by atoms with Gasteiger partial charge < -0.3 is 15.4 Å². The van der Waals surface area contributed by atoms with E-state index in [-0.39, 0.29) is 22.9 Å². The number of benzene rings is 3. The van der Waals surface area contributed by atoms with Crippen LogP contribution < -0.4 is 15.4 Å². The number of allylic oxidation sites excluding steroid dienone is 1. The van der Waals surface area contributed by atoms with Gasteiger partial charge in [0.2, 0.25) is 0 Å². The van der Waals surface area contributed by atoms with Crippen molar-refractivity contribution in [3.8, 4) is 11.4 Å². The van der Waals surface area contributed by atoms with Gasteiger partial charge in [-0.3, -0.25) is 9.59 Å². The van der Waals surface area contributed by atoms with Crippen LogP contribution in [0.5, 0.6) is 5.75 Å². The second-order valence-corrected chi connectivity index (χ2v) is 9.92. The lowest BCUT2D eigenvalue weighted by atomic mass is 9.85. The van der Waals surface area contributed by atoms with Gasteiger partial charge in [0.25, 0.3) is 5.91 Å². The first-order chi connectivity index (χ1) is 18.2. The molecule has 0 atom stereocenters. The molecule has 0 saturated heterocycles. The Balaban J connectivity index is 1.33. The van der Waals surface area contributed by atoms with Crippen molar-refractivity contribution in [1.82, 2.24) is 20.3 Å². The Kier molecular flexibility index (Phi) is 6.55. The minimum Gasteiger partial charge on any atom is -0.497 e. The highest BCUT2D eigenvalue weighted by Crippen LogP contribution is 2.32. The van der Waals surface area contributed by atoms with Gasteiger partial charge in [-0.25, -0.2) is 0 Å². The van der Waals surface area contributed by atoms with Crippen LogP contribution in [0.2, 0.25) is 0 Å². The van der Waals surface area contributed by atoms with Crippen LogP contribution in [0.4, 0.5) is 5.69 Å². The largest absolute Gasteiger partial charge is 0.497 e. The zero-order valence-electron chi connectivity index (χ0n) is 21.8. The Morgan fingerprint density at radius 1 is 1.03 bits per heavy atom. The number of ether oxygens (including phenoxy) is 1. The molecular formula is C30H29N5O3. The van der Waals surface area contributed by atoms with Crippen LogP contribution in [0.25, 0.3) is 11.4 Å². The van der Waals surface area contributed by atoms with Crippen molar-refractivity contribution in [2.45, 2.75) is 32.7 Å². The van der Waals surface area contributed by atoms with E-state index in [0.29, 0.717) is 16.9 Å². The zero-order valence-corrected chi connectivity index (χ0v) is 21.8. The molecule has 0 saturated carbocycles. The summed E-state index contributed by atoms with van der Waals surface area (Å²) in [6.45, 7) is 5.96. The van der Waals surface area contributed by atoms with Crippen molar-refractivity contribution >= 4 is 23.1 Å². The summed E-state index contributed by atoms with van der Waals surface area (Å²) in [6, 6.07) is 22.1.